The molecular formula is C22H21N5OS2. The molecule has 5 rings (SSSR count). The number of rotatable bonds is 3. The van der Waals surface area contributed by atoms with Crippen molar-refractivity contribution in [1.82, 2.24) is 19.9 Å². The molecule has 8 heteroatoms. The number of hydrogen-bond acceptors (Lipinski definition) is 7. The first-order valence-corrected chi connectivity index (χ1v) is 11.5. The van der Waals surface area contributed by atoms with Crippen molar-refractivity contribution >= 4 is 44.6 Å². The highest BCUT2D eigenvalue weighted by Gasteiger charge is 2.24. The summed E-state index contributed by atoms with van der Waals surface area (Å²) >= 11 is 3.19. The van der Waals surface area contributed by atoms with Gasteiger partial charge in [-0.3, -0.25) is 4.79 Å². The monoisotopic (exact) mass is 435 g/mol. The van der Waals surface area contributed by atoms with E-state index in [-0.39, 0.29) is 5.91 Å². The molecule has 4 heterocycles. The molecule has 1 aromatic carbocycles. The molecule has 152 valence electrons. The minimum absolute atomic E-state index is 0.0991. The van der Waals surface area contributed by atoms with E-state index in [1.807, 2.05) is 55.1 Å². The van der Waals surface area contributed by atoms with Crippen molar-refractivity contribution in [3.05, 3.63) is 58.9 Å². The summed E-state index contributed by atoms with van der Waals surface area (Å²) in [4.78, 5) is 32.6. The Balaban J connectivity index is 1.28. The van der Waals surface area contributed by atoms with E-state index in [4.69, 9.17) is 4.98 Å². The van der Waals surface area contributed by atoms with Gasteiger partial charge in [-0.05, 0) is 38.1 Å². The second-order valence-electron chi connectivity index (χ2n) is 7.34. The number of aromatic nitrogens is 3. The van der Waals surface area contributed by atoms with Gasteiger partial charge < -0.3 is 9.80 Å². The molecule has 0 saturated carbocycles. The highest BCUT2D eigenvalue weighted by molar-refractivity contribution is 7.26. The molecule has 1 saturated heterocycles. The SMILES string of the molecule is Cc1cc(N2CCN(C(=O)c3ccc(-c4nc5ccccc5s4)s3)CC2)nc(C)n1. The number of fused-ring (bicyclic) bond motifs is 1. The topological polar surface area (TPSA) is 62.2 Å². The van der Waals surface area contributed by atoms with E-state index in [0.29, 0.717) is 13.1 Å². The van der Waals surface area contributed by atoms with Gasteiger partial charge in [0.25, 0.3) is 5.91 Å². The van der Waals surface area contributed by atoms with Crippen LogP contribution in [0.2, 0.25) is 0 Å². The zero-order chi connectivity index (χ0) is 20.7. The van der Waals surface area contributed by atoms with Crippen LogP contribution >= 0.6 is 22.7 Å². The molecule has 1 aliphatic rings. The first-order chi connectivity index (χ1) is 14.6. The van der Waals surface area contributed by atoms with E-state index in [0.717, 1.165) is 50.7 Å². The number of para-hydroxylation sites is 1. The van der Waals surface area contributed by atoms with E-state index in [9.17, 15) is 4.79 Å². The number of hydrogen-bond donors (Lipinski definition) is 0. The number of carbonyl (C=O) groups excluding carboxylic acids is 1. The Kier molecular flexibility index (Phi) is 4.96. The fraction of sp³-hybridized carbons (Fsp3) is 0.273. The first kappa shape index (κ1) is 19.1. The Morgan fingerprint density at radius 2 is 1.73 bits per heavy atom. The Hall–Kier alpha value is -2.84. The zero-order valence-electron chi connectivity index (χ0n) is 16.8. The number of thiazole rings is 1. The Labute approximate surface area is 182 Å². The third kappa shape index (κ3) is 3.68. The highest BCUT2D eigenvalue weighted by atomic mass is 32.1. The predicted molar refractivity (Wildman–Crippen MR) is 123 cm³/mol. The largest absolute Gasteiger partial charge is 0.353 e. The van der Waals surface area contributed by atoms with Gasteiger partial charge in [0, 0.05) is 37.9 Å². The lowest BCUT2D eigenvalue weighted by atomic mass is 10.2. The van der Waals surface area contributed by atoms with Crippen LogP contribution in [-0.4, -0.2) is 51.9 Å². The van der Waals surface area contributed by atoms with Crippen molar-refractivity contribution in [3.63, 3.8) is 0 Å². The lowest BCUT2D eigenvalue weighted by molar-refractivity contribution is 0.0751. The standard InChI is InChI=1S/C22H21N5OS2/c1-14-13-20(24-15(2)23-14)26-9-11-27(12-10-26)22(28)19-8-7-18(29-19)21-25-16-5-3-4-6-17(16)30-21/h3-8,13H,9-12H2,1-2H3. The molecule has 0 spiro atoms. The fourth-order valence-corrected chi connectivity index (χ4v) is 5.69. The minimum atomic E-state index is 0.0991. The van der Waals surface area contributed by atoms with Crippen LogP contribution in [0.1, 0.15) is 21.2 Å². The summed E-state index contributed by atoms with van der Waals surface area (Å²) in [5.41, 5.74) is 1.97. The second kappa shape index (κ2) is 7.77. The van der Waals surface area contributed by atoms with Gasteiger partial charge in [-0.1, -0.05) is 12.1 Å². The summed E-state index contributed by atoms with van der Waals surface area (Å²) in [6, 6.07) is 14.1. The molecule has 0 radical (unpaired) electrons. The summed E-state index contributed by atoms with van der Waals surface area (Å²) in [5, 5.41) is 0.972. The summed E-state index contributed by atoms with van der Waals surface area (Å²) in [6.45, 7) is 6.83. The second-order valence-corrected chi connectivity index (χ2v) is 9.46. The Morgan fingerprint density at radius 3 is 2.50 bits per heavy atom. The van der Waals surface area contributed by atoms with Crippen LogP contribution in [0.3, 0.4) is 0 Å². The van der Waals surface area contributed by atoms with Crippen LogP contribution in [0.25, 0.3) is 20.1 Å². The smallest absolute Gasteiger partial charge is 0.264 e. The maximum absolute atomic E-state index is 13.0. The van der Waals surface area contributed by atoms with Gasteiger partial charge in [0.15, 0.2) is 0 Å². The molecule has 0 aliphatic carbocycles. The first-order valence-electron chi connectivity index (χ1n) is 9.89. The number of thiophene rings is 1. The maximum atomic E-state index is 13.0. The summed E-state index contributed by atoms with van der Waals surface area (Å²) in [6.07, 6.45) is 0. The molecule has 0 N–H and O–H groups in total. The third-order valence-electron chi connectivity index (χ3n) is 5.16. The summed E-state index contributed by atoms with van der Waals surface area (Å²) in [7, 11) is 0. The van der Waals surface area contributed by atoms with Crippen LogP contribution in [0.4, 0.5) is 5.82 Å². The molecule has 0 unspecified atom stereocenters. The van der Waals surface area contributed by atoms with E-state index < -0.39 is 0 Å². The number of amides is 1. The van der Waals surface area contributed by atoms with Crippen LogP contribution in [0.5, 0.6) is 0 Å². The lowest BCUT2D eigenvalue weighted by Crippen LogP contribution is -2.49. The van der Waals surface area contributed by atoms with Gasteiger partial charge >= 0.3 is 0 Å². The van der Waals surface area contributed by atoms with Gasteiger partial charge in [-0.25, -0.2) is 15.0 Å². The van der Waals surface area contributed by atoms with Gasteiger partial charge in [0.05, 0.1) is 20.0 Å². The highest BCUT2D eigenvalue weighted by Crippen LogP contribution is 2.34. The van der Waals surface area contributed by atoms with Crippen molar-refractivity contribution in [2.45, 2.75) is 13.8 Å². The summed E-state index contributed by atoms with van der Waals surface area (Å²) < 4.78 is 1.17. The number of carbonyl (C=O) groups is 1. The van der Waals surface area contributed by atoms with Crippen molar-refractivity contribution < 1.29 is 4.79 Å². The Bertz CT molecular complexity index is 1170. The van der Waals surface area contributed by atoms with Crippen molar-refractivity contribution in [2.24, 2.45) is 0 Å². The molecule has 3 aromatic heterocycles. The van der Waals surface area contributed by atoms with Gasteiger partial charge in [-0.2, -0.15) is 0 Å². The molecular weight excluding hydrogens is 414 g/mol. The van der Waals surface area contributed by atoms with Gasteiger partial charge in [0.1, 0.15) is 16.6 Å². The fourth-order valence-electron chi connectivity index (χ4n) is 3.70. The van der Waals surface area contributed by atoms with E-state index in [1.165, 1.54) is 16.0 Å². The van der Waals surface area contributed by atoms with Crippen molar-refractivity contribution in [2.75, 3.05) is 31.1 Å². The number of nitrogens with zero attached hydrogens (tertiary/aromatic N) is 5. The molecule has 30 heavy (non-hydrogen) atoms. The zero-order valence-corrected chi connectivity index (χ0v) is 18.5. The molecule has 0 bridgehead atoms. The van der Waals surface area contributed by atoms with Crippen LogP contribution < -0.4 is 4.90 Å². The van der Waals surface area contributed by atoms with Crippen LogP contribution in [-0.2, 0) is 0 Å². The molecule has 4 aromatic rings. The van der Waals surface area contributed by atoms with E-state index >= 15 is 0 Å². The number of benzene rings is 1. The molecule has 0 atom stereocenters. The molecule has 6 nitrogen and oxygen atoms in total. The van der Waals surface area contributed by atoms with Crippen LogP contribution in [0, 0.1) is 13.8 Å². The quantitative estimate of drug-likeness (QED) is 0.477. The maximum Gasteiger partial charge on any atom is 0.264 e. The van der Waals surface area contributed by atoms with Gasteiger partial charge in [-0.15, -0.1) is 22.7 Å². The normalized spacial score (nSPS) is 14.5. The molecule has 1 aliphatic heterocycles. The molecule has 1 amide bonds. The summed E-state index contributed by atoms with van der Waals surface area (Å²) in [5.74, 6) is 1.83. The predicted octanol–water partition coefficient (Wildman–Crippen LogP) is 4.39. The lowest BCUT2D eigenvalue weighted by Gasteiger charge is -2.35. The average Bonchev–Trinajstić information content (AvgIpc) is 3.40. The number of aryl methyl sites for hydroxylation is 2. The number of anilines is 1. The van der Waals surface area contributed by atoms with Crippen LogP contribution in [0.15, 0.2) is 42.5 Å². The van der Waals surface area contributed by atoms with E-state index in [2.05, 4.69) is 20.9 Å². The van der Waals surface area contributed by atoms with Gasteiger partial charge in [0.2, 0.25) is 0 Å². The average molecular weight is 436 g/mol. The van der Waals surface area contributed by atoms with Crippen molar-refractivity contribution in [1.29, 1.82) is 0 Å². The van der Waals surface area contributed by atoms with E-state index in [1.54, 1.807) is 11.3 Å². The Morgan fingerprint density at radius 1 is 0.933 bits per heavy atom. The molecule has 1 fully saturated rings. The third-order valence-corrected chi connectivity index (χ3v) is 7.44. The van der Waals surface area contributed by atoms with Crippen molar-refractivity contribution in [3.8, 4) is 9.88 Å². The minimum Gasteiger partial charge on any atom is -0.353 e. The number of piperazine rings is 1.